The fourth-order valence-corrected chi connectivity index (χ4v) is 4.11. The van der Waals surface area contributed by atoms with E-state index in [0.29, 0.717) is 5.78 Å². The van der Waals surface area contributed by atoms with Gasteiger partial charge < -0.3 is 10.5 Å². The second-order valence-electron chi connectivity index (χ2n) is 7.49. The summed E-state index contributed by atoms with van der Waals surface area (Å²) in [4.78, 5) is 12.7. The van der Waals surface area contributed by atoms with Gasteiger partial charge in [-0.15, -0.1) is 0 Å². The van der Waals surface area contributed by atoms with Gasteiger partial charge in [0.15, 0.2) is 0 Å². The van der Waals surface area contributed by atoms with Gasteiger partial charge in [-0.05, 0) is 45.4 Å². The zero-order valence-corrected chi connectivity index (χ0v) is 13.9. The Morgan fingerprint density at radius 3 is 2.62 bits per heavy atom. The fourth-order valence-electron chi connectivity index (χ4n) is 4.11. The van der Waals surface area contributed by atoms with E-state index in [0.717, 1.165) is 51.6 Å². The molecule has 0 aromatic rings. The smallest absolute Gasteiger partial charge is 0.138 e. The Hall–Kier alpha value is -0.410. The van der Waals surface area contributed by atoms with Crippen LogP contribution >= 0.6 is 0 Å². The number of ether oxygens (including phenoxy) is 1. The molecule has 1 aliphatic carbocycles. The highest BCUT2D eigenvalue weighted by atomic mass is 16.5. The van der Waals surface area contributed by atoms with Gasteiger partial charge in [-0.2, -0.15) is 0 Å². The summed E-state index contributed by atoms with van der Waals surface area (Å²) in [5.41, 5.74) is 5.83. The number of carbonyl (C=O) groups excluding carboxylic acids is 1. The van der Waals surface area contributed by atoms with Gasteiger partial charge in [-0.25, -0.2) is 0 Å². The van der Waals surface area contributed by atoms with Gasteiger partial charge in [0.05, 0.1) is 5.60 Å². The Bertz CT molecular complexity index is 329. The zero-order valence-electron chi connectivity index (χ0n) is 13.9. The molecule has 21 heavy (non-hydrogen) atoms. The van der Waals surface area contributed by atoms with Crippen LogP contribution in [0.2, 0.25) is 0 Å². The minimum absolute atomic E-state index is 0.0440. The number of carbonyl (C=O) groups is 1. The standard InChI is InChI=1S/C18H33NO2/c1-14(7-6-8-15(2)19)17(20)16-9-12-21-18(13-16)10-4-3-5-11-18/h14-16H,3-13,19H2,1-2H3. The van der Waals surface area contributed by atoms with Crippen molar-refractivity contribution in [1.82, 2.24) is 0 Å². The SMILES string of the molecule is CC(N)CCCC(C)C(=O)C1CCOC2(CCCCC2)C1. The quantitative estimate of drug-likeness (QED) is 0.810. The Morgan fingerprint density at radius 1 is 1.24 bits per heavy atom. The van der Waals surface area contributed by atoms with E-state index in [1.54, 1.807) is 0 Å². The molecule has 122 valence electrons. The Kier molecular flexibility index (Phi) is 6.24. The molecule has 0 amide bonds. The Labute approximate surface area is 130 Å². The van der Waals surface area contributed by atoms with Crippen molar-refractivity contribution >= 4 is 5.78 Å². The molecule has 0 aromatic carbocycles. The molecule has 0 aromatic heterocycles. The van der Waals surface area contributed by atoms with Crippen LogP contribution in [0.4, 0.5) is 0 Å². The molecular formula is C18H33NO2. The van der Waals surface area contributed by atoms with Crippen LogP contribution < -0.4 is 5.73 Å². The van der Waals surface area contributed by atoms with Crippen molar-refractivity contribution in [2.75, 3.05) is 6.61 Å². The third-order valence-electron chi connectivity index (χ3n) is 5.44. The highest BCUT2D eigenvalue weighted by Crippen LogP contribution is 2.41. The second kappa shape index (κ2) is 7.73. The van der Waals surface area contributed by atoms with Gasteiger partial charge in [0.2, 0.25) is 0 Å². The van der Waals surface area contributed by atoms with Crippen molar-refractivity contribution in [3.63, 3.8) is 0 Å². The van der Waals surface area contributed by atoms with E-state index in [2.05, 4.69) is 6.92 Å². The summed E-state index contributed by atoms with van der Waals surface area (Å²) in [6, 6.07) is 0.251. The molecule has 3 heteroatoms. The number of hydrogen-bond acceptors (Lipinski definition) is 3. The average Bonchev–Trinajstić information content (AvgIpc) is 2.47. The zero-order chi connectivity index (χ0) is 15.3. The molecule has 0 bridgehead atoms. The number of rotatable bonds is 6. The summed E-state index contributed by atoms with van der Waals surface area (Å²) in [6.07, 6.45) is 11.2. The van der Waals surface area contributed by atoms with Crippen LogP contribution in [0, 0.1) is 11.8 Å². The van der Waals surface area contributed by atoms with E-state index in [4.69, 9.17) is 10.5 Å². The predicted molar refractivity (Wildman–Crippen MR) is 86.2 cm³/mol. The summed E-state index contributed by atoms with van der Waals surface area (Å²) in [5, 5.41) is 0. The molecule has 3 atom stereocenters. The van der Waals surface area contributed by atoms with Gasteiger partial charge in [0, 0.05) is 24.5 Å². The van der Waals surface area contributed by atoms with E-state index >= 15 is 0 Å². The molecule has 1 aliphatic heterocycles. The lowest BCUT2D eigenvalue weighted by molar-refractivity contribution is -0.145. The minimum Gasteiger partial charge on any atom is -0.375 e. The van der Waals surface area contributed by atoms with Crippen molar-refractivity contribution in [1.29, 1.82) is 0 Å². The van der Waals surface area contributed by atoms with Crippen molar-refractivity contribution in [3.05, 3.63) is 0 Å². The fraction of sp³-hybridized carbons (Fsp3) is 0.944. The van der Waals surface area contributed by atoms with Crippen molar-refractivity contribution in [3.8, 4) is 0 Å². The third kappa shape index (κ3) is 4.79. The first-order valence-electron chi connectivity index (χ1n) is 8.96. The molecule has 2 aliphatic rings. The monoisotopic (exact) mass is 295 g/mol. The topological polar surface area (TPSA) is 52.3 Å². The molecule has 1 spiro atoms. The van der Waals surface area contributed by atoms with Gasteiger partial charge in [0.25, 0.3) is 0 Å². The highest BCUT2D eigenvalue weighted by molar-refractivity contribution is 5.83. The Morgan fingerprint density at radius 2 is 1.95 bits per heavy atom. The van der Waals surface area contributed by atoms with E-state index in [9.17, 15) is 4.79 Å². The first-order valence-corrected chi connectivity index (χ1v) is 8.96. The Balaban J connectivity index is 1.83. The van der Waals surface area contributed by atoms with Crippen LogP contribution in [-0.4, -0.2) is 24.0 Å². The summed E-state index contributed by atoms with van der Waals surface area (Å²) in [5.74, 6) is 0.905. The van der Waals surface area contributed by atoms with E-state index in [1.807, 2.05) is 6.92 Å². The lowest BCUT2D eigenvalue weighted by atomic mass is 9.73. The first-order chi connectivity index (χ1) is 10.0. The maximum absolute atomic E-state index is 12.7. The number of nitrogens with two attached hydrogens (primary N) is 1. The van der Waals surface area contributed by atoms with Crippen molar-refractivity contribution in [2.24, 2.45) is 17.6 Å². The molecule has 3 unspecified atom stereocenters. The number of hydrogen-bond donors (Lipinski definition) is 1. The van der Waals surface area contributed by atoms with E-state index in [1.165, 1.54) is 19.3 Å². The largest absolute Gasteiger partial charge is 0.375 e. The molecule has 2 N–H and O–H groups in total. The summed E-state index contributed by atoms with van der Waals surface area (Å²) in [6.45, 7) is 4.92. The van der Waals surface area contributed by atoms with Crippen molar-refractivity contribution < 1.29 is 9.53 Å². The van der Waals surface area contributed by atoms with E-state index in [-0.39, 0.29) is 23.5 Å². The van der Waals surface area contributed by atoms with Crippen LogP contribution in [0.1, 0.15) is 78.1 Å². The van der Waals surface area contributed by atoms with Gasteiger partial charge in [-0.3, -0.25) is 4.79 Å². The van der Waals surface area contributed by atoms with Crippen LogP contribution in [-0.2, 0) is 9.53 Å². The van der Waals surface area contributed by atoms with Gasteiger partial charge in [-0.1, -0.05) is 32.6 Å². The second-order valence-corrected chi connectivity index (χ2v) is 7.49. The normalized spacial score (nSPS) is 28.2. The molecule has 2 fully saturated rings. The van der Waals surface area contributed by atoms with Crippen LogP contribution in [0.15, 0.2) is 0 Å². The first kappa shape index (κ1) is 17.0. The number of Topliss-reactive ketones (excluding diaryl/α,β-unsaturated/α-hetero) is 1. The molecule has 1 saturated heterocycles. The minimum atomic E-state index is 0.0440. The van der Waals surface area contributed by atoms with Gasteiger partial charge in [0.1, 0.15) is 5.78 Å². The third-order valence-corrected chi connectivity index (χ3v) is 5.44. The van der Waals surface area contributed by atoms with E-state index < -0.39 is 0 Å². The molecule has 2 rings (SSSR count). The molecule has 3 nitrogen and oxygen atoms in total. The highest BCUT2D eigenvalue weighted by Gasteiger charge is 2.41. The van der Waals surface area contributed by atoms with Crippen LogP contribution in [0.5, 0.6) is 0 Å². The summed E-state index contributed by atoms with van der Waals surface area (Å²) >= 11 is 0. The van der Waals surface area contributed by atoms with Crippen LogP contribution in [0.25, 0.3) is 0 Å². The summed E-state index contributed by atoms with van der Waals surface area (Å²) in [7, 11) is 0. The van der Waals surface area contributed by atoms with Crippen molar-refractivity contribution in [2.45, 2.75) is 89.7 Å². The maximum Gasteiger partial charge on any atom is 0.138 e. The lowest BCUT2D eigenvalue weighted by Crippen LogP contribution is -2.44. The maximum atomic E-state index is 12.7. The molecular weight excluding hydrogens is 262 g/mol. The lowest BCUT2D eigenvalue weighted by Gasteiger charge is -2.43. The number of ketones is 1. The van der Waals surface area contributed by atoms with Crippen LogP contribution in [0.3, 0.4) is 0 Å². The summed E-state index contributed by atoms with van der Waals surface area (Å²) < 4.78 is 6.11. The van der Waals surface area contributed by atoms with Gasteiger partial charge >= 0.3 is 0 Å². The average molecular weight is 295 g/mol. The molecule has 1 saturated carbocycles. The molecule has 0 radical (unpaired) electrons. The molecule has 1 heterocycles. The predicted octanol–water partition coefficient (Wildman–Crippen LogP) is 3.84.